The zero-order chi connectivity index (χ0) is 34.8. The Kier molecular flexibility index (Phi) is 8.29. The predicted molar refractivity (Wildman–Crippen MR) is 192 cm³/mol. The first-order chi connectivity index (χ1) is 24.1. The third-order valence-corrected chi connectivity index (χ3v) is 12.7. The Hall–Kier alpha value is -3.83. The van der Waals surface area contributed by atoms with Gasteiger partial charge in [-0.15, -0.1) is 11.3 Å². The summed E-state index contributed by atoms with van der Waals surface area (Å²) >= 11 is 1.01. The van der Waals surface area contributed by atoms with Crippen LogP contribution >= 0.6 is 11.3 Å². The summed E-state index contributed by atoms with van der Waals surface area (Å²) in [5.74, 6) is -0.674. The van der Waals surface area contributed by atoms with Gasteiger partial charge in [0.1, 0.15) is 33.9 Å². The van der Waals surface area contributed by atoms with Gasteiger partial charge in [-0.05, 0) is 77.9 Å². The minimum Gasteiger partial charge on any atom is -0.463 e. The maximum atomic E-state index is 16.9. The van der Waals surface area contributed by atoms with E-state index in [1.54, 1.807) is 6.20 Å². The number of fused-ring (bicyclic) bond motifs is 2. The fraction of sp³-hybridized carbons (Fsp3) is 0.541. The molecule has 4 heterocycles. The summed E-state index contributed by atoms with van der Waals surface area (Å²) in [6.45, 7) is 9.17. The van der Waals surface area contributed by atoms with Crippen LogP contribution in [0.25, 0.3) is 32.2 Å². The van der Waals surface area contributed by atoms with Crippen molar-refractivity contribution in [3.63, 3.8) is 0 Å². The van der Waals surface area contributed by atoms with Crippen LogP contribution < -0.4 is 9.64 Å². The van der Waals surface area contributed by atoms with E-state index < -0.39 is 11.6 Å². The molecule has 0 bridgehead atoms. The monoisotopic (exact) mass is 700 g/mol. The van der Waals surface area contributed by atoms with Crippen LogP contribution in [0, 0.1) is 33.8 Å². The van der Waals surface area contributed by atoms with E-state index in [1.165, 1.54) is 25.0 Å². The molecule has 3 aromatic heterocycles. The highest BCUT2D eigenvalue weighted by Gasteiger charge is 2.50. The lowest BCUT2D eigenvalue weighted by atomic mass is 9.75. The van der Waals surface area contributed by atoms with E-state index in [1.807, 2.05) is 7.05 Å². The number of nitrogens with zero attached hydrogens (tertiary/aromatic N) is 8. The van der Waals surface area contributed by atoms with Crippen molar-refractivity contribution in [2.45, 2.75) is 50.5 Å². The minimum atomic E-state index is -0.688. The normalized spacial score (nSPS) is 20.4. The molecule has 4 aromatic rings. The van der Waals surface area contributed by atoms with E-state index in [9.17, 15) is 9.65 Å². The molecule has 0 amide bonds. The predicted octanol–water partition coefficient (Wildman–Crippen LogP) is 6.58. The number of hydrogen-bond donors (Lipinski definition) is 0. The first kappa shape index (κ1) is 33.3. The van der Waals surface area contributed by atoms with E-state index in [4.69, 9.17) is 14.5 Å². The third kappa shape index (κ3) is 5.80. The molecule has 262 valence electrons. The van der Waals surface area contributed by atoms with Gasteiger partial charge in [-0.2, -0.15) is 15.2 Å². The number of aromatic nitrogens is 3. The van der Waals surface area contributed by atoms with Gasteiger partial charge in [0, 0.05) is 66.7 Å². The summed E-state index contributed by atoms with van der Waals surface area (Å²) in [4.78, 5) is 24.9. The number of ether oxygens (including phenoxy) is 2. The number of thiophene rings is 1. The number of pyridine rings is 1. The molecule has 0 atom stereocenters. The Morgan fingerprint density at radius 3 is 2.60 bits per heavy atom. The molecular weight excluding hydrogens is 659 g/mol. The van der Waals surface area contributed by atoms with Gasteiger partial charge in [0.25, 0.3) is 0 Å². The fourth-order valence-electron chi connectivity index (χ4n) is 7.90. The lowest BCUT2D eigenvalue weighted by molar-refractivity contribution is 0.0682. The van der Waals surface area contributed by atoms with Crippen molar-refractivity contribution < 1.29 is 18.3 Å². The second-order valence-corrected chi connectivity index (χ2v) is 16.2. The molecule has 1 aliphatic heterocycles. The molecule has 0 N–H and O–H groups in total. The summed E-state index contributed by atoms with van der Waals surface area (Å²) in [5.41, 5.74) is 0.743. The summed E-state index contributed by atoms with van der Waals surface area (Å²) in [7, 11) is 6.16. The number of halogens is 2. The number of benzene rings is 1. The van der Waals surface area contributed by atoms with Gasteiger partial charge in [-0.1, -0.05) is 0 Å². The van der Waals surface area contributed by atoms with Crippen molar-refractivity contribution in [1.82, 2.24) is 24.8 Å². The summed E-state index contributed by atoms with van der Waals surface area (Å²) < 4.78 is 44.4. The summed E-state index contributed by atoms with van der Waals surface area (Å²) in [6.07, 6.45) is 9.40. The molecule has 50 heavy (non-hydrogen) atoms. The minimum absolute atomic E-state index is 0.00306. The Balaban J connectivity index is 1.17. The van der Waals surface area contributed by atoms with Crippen LogP contribution in [0.4, 0.5) is 19.6 Å². The SMILES string of the molecule is C=Nc1sc2c(F)ccc(-c3ncc4c(N(C)CC5(N(C)C)CCC5)nc(OCC5(CN6CCOCC7(CC7)C6)CC5)nc4c3F)c2c1C#N. The summed E-state index contributed by atoms with van der Waals surface area (Å²) in [6, 6.07) is 4.94. The zero-order valence-electron chi connectivity index (χ0n) is 28.9. The van der Waals surface area contributed by atoms with E-state index in [0.29, 0.717) is 29.8 Å². The van der Waals surface area contributed by atoms with E-state index >= 15 is 4.39 Å². The Labute approximate surface area is 294 Å². The lowest BCUT2D eigenvalue weighted by Crippen LogP contribution is -2.56. The molecule has 3 aliphatic carbocycles. The van der Waals surface area contributed by atoms with Crippen LogP contribution in [0.2, 0.25) is 0 Å². The van der Waals surface area contributed by atoms with E-state index in [0.717, 1.165) is 76.3 Å². The van der Waals surface area contributed by atoms with E-state index in [2.05, 4.69) is 56.5 Å². The second-order valence-electron chi connectivity index (χ2n) is 15.2. The van der Waals surface area contributed by atoms with Crippen LogP contribution in [0.5, 0.6) is 6.01 Å². The molecule has 0 unspecified atom stereocenters. The smallest absolute Gasteiger partial charge is 0.319 e. The Morgan fingerprint density at radius 1 is 1.14 bits per heavy atom. The fourth-order valence-corrected chi connectivity index (χ4v) is 8.88. The van der Waals surface area contributed by atoms with Crippen molar-refractivity contribution in [2.75, 3.05) is 72.0 Å². The number of likely N-dealkylation sites (N-methyl/N-ethyl adjacent to an activating group) is 2. The molecule has 1 saturated heterocycles. The quantitative estimate of drug-likeness (QED) is 0.161. The van der Waals surface area contributed by atoms with Crippen molar-refractivity contribution in [2.24, 2.45) is 15.8 Å². The highest BCUT2D eigenvalue weighted by molar-refractivity contribution is 7.23. The standard InChI is InChI=1S/C37H42F2N8O2S/c1-41-33-24(16-40)27-23(6-7-26(38)31(27)50-33)29-28(39)30-25(17-42-29)32(46(4)20-37(45(2)3)8-5-9-37)44-34(43-30)49-22-36(12-13-36)19-47-14-15-48-21-35(18-47)10-11-35/h6-7,17H,1,5,8-15,18-22H2,2-4H3. The second kappa shape index (κ2) is 12.4. The molecule has 13 heteroatoms. The maximum absolute atomic E-state index is 16.9. The van der Waals surface area contributed by atoms with Crippen molar-refractivity contribution in [3.05, 3.63) is 35.5 Å². The van der Waals surface area contributed by atoms with Crippen LogP contribution in [-0.2, 0) is 4.74 Å². The topological polar surface area (TPSA) is 103 Å². The van der Waals surface area contributed by atoms with Crippen LogP contribution in [-0.4, -0.2) is 104 Å². The molecule has 10 nitrogen and oxygen atoms in total. The Bertz CT molecular complexity index is 2030. The average Bonchev–Trinajstić information content (AvgIpc) is 4.01. The Morgan fingerprint density at radius 2 is 1.94 bits per heavy atom. The zero-order valence-corrected chi connectivity index (χ0v) is 29.7. The molecule has 4 aliphatic rings. The van der Waals surface area contributed by atoms with Gasteiger partial charge >= 0.3 is 6.01 Å². The largest absolute Gasteiger partial charge is 0.463 e. The molecule has 3 saturated carbocycles. The first-order valence-electron chi connectivity index (χ1n) is 17.4. The van der Waals surface area contributed by atoms with Crippen molar-refractivity contribution >= 4 is 49.9 Å². The highest BCUT2D eigenvalue weighted by atomic mass is 32.1. The van der Waals surface area contributed by atoms with Gasteiger partial charge in [-0.3, -0.25) is 14.9 Å². The number of hydrogen-bond acceptors (Lipinski definition) is 11. The van der Waals surface area contributed by atoms with Crippen LogP contribution in [0.1, 0.15) is 50.5 Å². The number of anilines is 1. The molecule has 1 aromatic carbocycles. The van der Waals surface area contributed by atoms with Gasteiger partial charge in [0.05, 0.1) is 35.5 Å². The number of rotatable bonds is 11. The number of aliphatic imine (C=N–C) groups is 1. The molecule has 0 radical (unpaired) electrons. The van der Waals surface area contributed by atoms with Crippen molar-refractivity contribution in [1.29, 1.82) is 5.26 Å². The lowest BCUT2D eigenvalue weighted by Gasteiger charge is -2.49. The molecule has 1 spiro atoms. The van der Waals surface area contributed by atoms with Gasteiger partial charge in [0.2, 0.25) is 0 Å². The molecular formula is C37H42F2N8O2S. The van der Waals surface area contributed by atoms with Gasteiger partial charge in [0.15, 0.2) is 5.82 Å². The maximum Gasteiger partial charge on any atom is 0.319 e. The highest BCUT2D eigenvalue weighted by Crippen LogP contribution is 2.51. The van der Waals surface area contributed by atoms with Crippen LogP contribution in [0.3, 0.4) is 0 Å². The van der Waals surface area contributed by atoms with Crippen LogP contribution in [0.15, 0.2) is 23.3 Å². The van der Waals surface area contributed by atoms with E-state index in [-0.39, 0.29) is 54.4 Å². The molecule has 8 rings (SSSR count). The van der Waals surface area contributed by atoms with Gasteiger partial charge < -0.3 is 19.3 Å². The molecule has 4 fully saturated rings. The van der Waals surface area contributed by atoms with Gasteiger partial charge in [-0.25, -0.2) is 8.78 Å². The third-order valence-electron chi connectivity index (χ3n) is 11.6. The number of nitriles is 1. The first-order valence-corrected chi connectivity index (χ1v) is 18.2. The van der Waals surface area contributed by atoms with Crippen molar-refractivity contribution in [3.8, 4) is 23.3 Å². The average molecular weight is 701 g/mol. The summed E-state index contributed by atoms with van der Waals surface area (Å²) in [5, 5.41) is 11.0.